The number of hydrogen-bond acceptors (Lipinski definition) is 5. The zero-order valence-corrected chi connectivity index (χ0v) is 16.2. The summed E-state index contributed by atoms with van der Waals surface area (Å²) < 4.78 is 33.1. The zero-order chi connectivity index (χ0) is 18.6. The topological polar surface area (TPSA) is 75.7 Å². The molecular formula is C18H22N2O4S2. The van der Waals surface area contributed by atoms with Gasteiger partial charge in [0, 0.05) is 24.5 Å². The predicted molar refractivity (Wildman–Crippen MR) is 101 cm³/mol. The zero-order valence-electron chi connectivity index (χ0n) is 14.6. The number of piperidine rings is 1. The number of carbonyl (C=O) groups excluding carboxylic acids is 1. The highest BCUT2D eigenvalue weighted by molar-refractivity contribution is 7.89. The number of amides is 1. The SMILES string of the molecule is COc1ccc(S(=O)(=O)NCc2cccs2)cc1C(=O)N1CCCCC1. The van der Waals surface area contributed by atoms with Crippen LogP contribution in [0, 0.1) is 0 Å². The molecule has 140 valence electrons. The van der Waals surface area contributed by atoms with Gasteiger partial charge in [0.2, 0.25) is 10.0 Å². The van der Waals surface area contributed by atoms with E-state index in [1.807, 2.05) is 17.5 Å². The van der Waals surface area contributed by atoms with Gasteiger partial charge in [-0.25, -0.2) is 13.1 Å². The molecule has 1 N–H and O–H groups in total. The lowest BCUT2D eigenvalue weighted by Crippen LogP contribution is -2.36. The molecule has 1 amide bonds. The fourth-order valence-electron chi connectivity index (χ4n) is 2.95. The van der Waals surface area contributed by atoms with Crippen LogP contribution in [-0.4, -0.2) is 39.4 Å². The van der Waals surface area contributed by atoms with Crippen LogP contribution < -0.4 is 9.46 Å². The molecule has 1 aliphatic rings. The van der Waals surface area contributed by atoms with E-state index < -0.39 is 10.0 Å². The summed E-state index contributed by atoms with van der Waals surface area (Å²) in [6, 6.07) is 8.15. The van der Waals surface area contributed by atoms with Gasteiger partial charge in [-0.2, -0.15) is 0 Å². The normalized spacial score (nSPS) is 15.0. The molecule has 2 heterocycles. The Hall–Kier alpha value is -1.90. The van der Waals surface area contributed by atoms with Crippen LogP contribution in [0.15, 0.2) is 40.6 Å². The molecule has 6 nitrogen and oxygen atoms in total. The Kier molecular flexibility index (Phi) is 5.95. The number of nitrogens with zero attached hydrogens (tertiary/aromatic N) is 1. The number of sulfonamides is 1. The molecule has 1 saturated heterocycles. The Morgan fingerprint density at radius 1 is 1.23 bits per heavy atom. The molecule has 3 rings (SSSR count). The number of nitrogens with one attached hydrogen (secondary N) is 1. The first-order chi connectivity index (χ1) is 12.5. The smallest absolute Gasteiger partial charge is 0.257 e. The highest BCUT2D eigenvalue weighted by Gasteiger charge is 2.24. The fraction of sp³-hybridized carbons (Fsp3) is 0.389. The maximum Gasteiger partial charge on any atom is 0.257 e. The number of ether oxygens (including phenoxy) is 1. The van der Waals surface area contributed by atoms with Crippen molar-refractivity contribution in [3.63, 3.8) is 0 Å². The second-order valence-electron chi connectivity index (χ2n) is 6.12. The first-order valence-corrected chi connectivity index (χ1v) is 10.9. The van der Waals surface area contributed by atoms with Crippen LogP contribution in [-0.2, 0) is 16.6 Å². The lowest BCUT2D eigenvalue weighted by atomic mass is 10.1. The van der Waals surface area contributed by atoms with E-state index in [1.165, 1.54) is 36.6 Å². The van der Waals surface area contributed by atoms with E-state index in [0.717, 1.165) is 24.1 Å². The summed E-state index contributed by atoms with van der Waals surface area (Å²) in [7, 11) is -2.24. The lowest BCUT2D eigenvalue weighted by Gasteiger charge is -2.27. The molecule has 1 aromatic carbocycles. The molecule has 1 aliphatic heterocycles. The van der Waals surface area contributed by atoms with Crippen molar-refractivity contribution in [1.82, 2.24) is 9.62 Å². The molecule has 1 aromatic heterocycles. The van der Waals surface area contributed by atoms with E-state index in [1.54, 1.807) is 4.90 Å². The van der Waals surface area contributed by atoms with Gasteiger partial charge in [0.1, 0.15) is 5.75 Å². The van der Waals surface area contributed by atoms with E-state index in [2.05, 4.69) is 4.72 Å². The second kappa shape index (κ2) is 8.20. The number of thiophene rings is 1. The summed E-state index contributed by atoms with van der Waals surface area (Å²) in [5, 5.41) is 1.90. The summed E-state index contributed by atoms with van der Waals surface area (Å²) in [5.74, 6) is 0.203. The number of methoxy groups -OCH3 is 1. The largest absolute Gasteiger partial charge is 0.496 e. The standard InChI is InChI=1S/C18H22N2O4S2/c1-24-17-8-7-15(26(22,23)19-13-14-6-5-11-25-14)12-16(17)18(21)20-9-3-2-4-10-20/h5-8,11-12,19H,2-4,9-10,13H2,1H3. The van der Waals surface area contributed by atoms with Crippen LogP contribution in [0.4, 0.5) is 0 Å². The van der Waals surface area contributed by atoms with Crippen molar-refractivity contribution in [3.05, 3.63) is 46.2 Å². The first-order valence-electron chi connectivity index (χ1n) is 8.50. The van der Waals surface area contributed by atoms with E-state index in [-0.39, 0.29) is 22.9 Å². The first kappa shape index (κ1) is 18.9. The number of carbonyl (C=O) groups is 1. The van der Waals surface area contributed by atoms with E-state index in [0.29, 0.717) is 18.8 Å². The van der Waals surface area contributed by atoms with Gasteiger partial charge >= 0.3 is 0 Å². The second-order valence-corrected chi connectivity index (χ2v) is 8.92. The highest BCUT2D eigenvalue weighted by Crippen LogP contribution is 2.25. The van der Waals surface area contributed by atoms with Crippen LogP contribution in [0.25, 0.3) is 0 Å². The fourth-order valence-corrected chi connectivity index (χ4v) is 4.72. The Morgan fingerprint density at radius 2 is 2.00 bits per heavy atom. The summed E-state index contributed by atoms with van der Waals surface area (Å²) in [6.45, 7) is 1.60. The molecule has 0 radical (unpaired) electrons. The molecule has 26 heavy (non-hydrogen) atoms. The van der Waals surface area contributed by atoms with Gasteiger partial charge in [-0.05, 0) is 48.9 Å². The summed E-state index contributed by atoms with van der Waals surface area (Å²) in [6.07, 6.45) is 3.05. The molecule has 0 unspecified atom stereocenters. The highest BCUT2D eigenvalue weighted by atomic mass is 32.2. The van der Waals surface area contributed by atoms with E-state index in [4.69, 9.17) is 4.74 Å². The van der Waals surface area contributed by atoms with E-state index in [9.17, 15) is 13.2 Å². The van der Waals surface area contributed by atoms with Crippen molar-refractivity contribution >= 4 is 27.3 Å². The van der Waals surface area contributed by atoms with E-state index >= 15 is 0 Å². The van der Waals surface area contributed by atoms with Crippen molar-refractivity contribution in [1.29, 1.82) is 0 Å². The third-order valence-corrected chi connectivity index (χ3v) is 6.65. The Balaban J connectivity index is 1.84. The number of hydrogen-bond donors (Lipinski definition) is 1. The molecule has 0 aliphatic carbocycles. The molecule has 0 bridgehead atoms. The Morgan fingerprint density at radius 3 is 2.65 bits per heavy atom. The minimum absolute atomic E-state index is 0.0650. The average molecular weight is 395 g/mol. The van der Waals surface area contributed by atoms with Crippen molar-refractivity contribution in [3.8, 4) is 5.75 Å². The molecular weight excluding hydrogens is 372 g/mol. The van der Waals surface area contributed by atoms with Gasteiger partial charge in [-0.15, -0.1) is 11.3 Å². The van der Waals surface area contributed by atoms with Crippen LogP contribution in [0.1, 0.15) is 34.5 Å². The van der Waals surface area contributed by atoms with Crippen LogP contribution in [0.2, 0.25) is 0 Å². The third kappa shape index (κ3) is 4.25. The van der Waals surface area contributed by atoms with Crippen LogP contribution in [0.3, 0.4) is 0 Å². The van der Waals surface area contributed by atoms with Gasteiger partial charge < -0.3 is 9.64 Å². The molecule has 0 saturated carbocycles. The molecule has 2 aromatic rings. The third-order valence-electron chi connectivity index (χ3n) is 4.37. The maximum absolute atomic E-state index is 12.8. The summed E-state index contributed by atoms with van der Waals surface area (Å²) >= 11 is 1.48. The van der Waals surface area contributed by atoms with Crippen molar-refractivity contribution in [2.75, 3.05) is 20.2 Å². The number of rotatable bonds is 6. The number of benzene rings is 1. The Labute approximate surface area is 157 Å². The Bertz CT molecular complexity index is 857. The van der Waals surface area contributed by atoms with Crippen LogP contribution >= 0.6 is 11.3 Å². The van der Waals surface area contributed by atoms with Gasteiger partial charge in [-0.3, -0.25) is 4.79 Å². The minimum atomic E-state index is -3.72. The van der Waals surface area contributed by atoms with Crippen LogP contribution in [0.5, 0.6) is 5.75 Å². The monoisotopic (exact) mass is 394 g/mol. The summed E-state index contributed by atoms with van der Waals surface area (Å²) in [4.78, 5) is 15.6. The molecule has 0 spiro atoms. The molecule has 8 heteroatoms. The maximum atomic E-state index is 12.8. The van der Waals surface area contributed by atoms with Crippen molar-refractivity contribution in [2.24, 2.45) is 0 Å². The quantitative estimate of drug-likeness (QED) is 0.817. The van der Waals surface area contributed by atoms with Gasteiger partial charge in [0.05, 0.1) is 17.6 Å². The lowest BCUT2D eigenvalue weighted by molar-refractivity contribution is 0.0720. The number of likely N-dealkylation sites (tertiary alicyclic amines) is 1. The minimum Gasteiger partial charge on any atom is -0.496 e. The average Bonchev–Trinajstić information content (AvgIpc) is 3.20. The van der Waals surface area contributed by atoms with Gasteiger partial charge in [0.15, 0.2) is 0 Å². The van der Waals surface area contributed by atoms with Gasteiger partial charge in [0.25, 0.3) is 5.91 Å². The predicted octanol–water partition coefficient (Wildman–Crippen LogP) is 2.86. The van der Waals surface area contributed by atoms with Gasteiger partial charge in [-0.1, -0.05) is 6.07 Å². The van der Waals surface area contributed by atoms with Crippen molar-refractivity contribution < 1.29 is 17.9 Å². The molecule has 1 fully saturated rings. The summed E-state index contributed by atoms with van der Waals surface area (Å²) in [5.41, 5.74) is 0.286. The van der Waals surface area contributed by atoms with Crippen molar-refractivity contribution in [2.45, 2.75) is 30.7 Å². The molecule has 0 atom stereocenters.